The highest BCUT2D eigenvalue weighted by molar-refractivity contribution is 6.32. The molecule has 142 valence electrons. The lowest BCUT2D eigenvalue weighted by atomic mass is 10.0. The molecule has 0 bridgehead atoms. The summed E-state index contributed by atoms with van der Waals surface area (Å²) >= 11 is 12.2. The maximum absolute atomic E-state index is 12.2. The van der Waals surface area contributed by atoms with Crippen molar-refractivity contribution in [2.45, 2.75) is 33.2 Å². The van der Waals surface area contributed by atoms with Crippen LogP contribution >= 0.6 is 23.2 Å². The molecule has 0 spiro atoms. The standard InChI is InChI=1S/C21H22Cl2N2O2/c1-14-10-18(11-15(2)20(14)23)27-9-5-7-16(12-24)21(26)25-13-17-6-3-4-8-19(17)22/h3-4,6,8,10-11,16H,5,7,9,13H2,1-2H3,(H,25,26). The number of carbonyl (C=O) groups is 1. The number of nitrogens with zero attached hydrogens (tertiary/aromatic N) is 1. The Balaban J connectivity index is 1.79. The maximum Gasteiger partial charge on any atom is 0.237 e. The molecule has 1 unspecified atom stereocenters. The number of hydrogen-bond acceptors (Lipinski definition) is 3. The van der Waals surface area contributed by atoms with Gasteiger partial charge in [-0.05, 0) is 61.6 Å². The fourth-order valence-corrected chi connectivity index (χ4v) is 2.98. The van der Waals surface area contributed by atoms with Crippen LogP contribution in [-0.4, -0.2) is 12.5 Å². The fraction of sp³-hybridized carbons (Fsp3) is 0.333. The van der Waals surface area contributed by atoms with Crippen molar-refractivity contribution in [1.29, 1.82) is 5.26 Å². The van der Waals surface area contributed by atoms with Gasteiger partial charge in [0.25, 0.3) is 0 Å². The molecule has 0 heterocycles. The van der Waals surface area contributed by atoms with Gasteiger partial charge in [0.1, 0.15) is 11.7 Å². The van der Waals surface area contributed by atoms with Crippen LogP contribution in [0.2, 0.25) is 10.0 Å². The first-order valence-electron chi connectivity index (χ1n) is 8.72. The Labute approximate surface area is 170 Å². The lowest BCUT2D eigenvalue weighted by Gasteiger charge is -2.12. The summed E-state index contributed by atoms with van der Waals surface area (Å²) in [5.41, 5.74) is 2.74. The second-order valence-electron chi connectivity index (χ2n) is 6.35. The molecule has 0 aliphatic heterocycles. The van der Waals surface area contributed by atoms with Crippen LogP contribution in [0.1, 0.15) is 29.5 Å². The lowest BCUT2D eigenvalue weighted by molar-refractivity contribution is -0.123. The van der Waals surface area contributed by atoms with Gasteiger partial charge in [-0.25, -0.2) is 0 Å². The van der Waals surface area contributed by atoms with E-state index in [0.717, 1.165) is 27.5 Å². The smallest absolute Gasteiger partial charge is 0.237 e. The molecule has 0 aliphatic carbocycles. The third-order valence-electron chi connectivity index (χ3n) is 4.20. The molecule has 2 aromatic rings. The minimum absolute atomic E-state index is 0.296. The van der Waals surface area contributed by atoms with Crippen molar-refractivity contribution in [2.75, 3.05) is 6.61 Å². The Morgan fingerprint density at radius 2 is 1.89 bits per heavy atom. The Morgan fingerprint density at radius 3 is 2.52 bits per heavy atom. The van der Waals surface area contributed by atoms with E-state index in [1.807, 2.05) is 44.2 Å². The number of carbonyl (C=O) groups excluding carboxylic acids is 1. The SMILES string of the molecule is Cc1cc(OCCCC(C#N)C(=O)NCc2ccccc2Cl)cc(C)c1Cl. The number of amides is 1. The zero-order valence-electron chi connectivity index (χ0n) is 15.4. The van der Waals surface area contributed by atoms with Crippen molar-refractivity contribution in [3.63, 3.8) is 0 Å². The van der Waals surface area contributed by atoms with Crippen LogP contribution in [0.5, 0.6) is 5.75 Å². The van der Waals surface area contributed by atoms with Gasteiger partial charge in [-0.3, -0.25) is 4.79 Å². The number of benzene rings is 2. The number of nitrogens with one attached hydrogen (secondary N) is 1. The molecule has 2 rings (SSSR count). The maximum atomic E-state index is 12.2. The zero-order valence-corrected chi connectivity index (χ0v) is 16.9. The van der Waals surface area contributed by atoms with Gasteiger partial charge in [0, 0.05) is 16.6 Å². The molecule has 0 saturated heterocycles. The Morgan fingerprint density at radius 1 is 1.22 bits per heavy atom. The van der Waals surface area contributed by atoms with Gasteiger partial charge >= 0.3 is 0 Å². The van der Waals surface area contributed by atoms with Gasteiger partial charge < -0.3 is 10.1 Å². The highest BCUT2D eigenvalue weighted by Crippen LogP contribution is 2.26. The Hall–Kier alpha value is -2.22. The Bertz CT molecular complexity index is 823. The van der Waals surface area contributed by atoms with Crippen molar-refractivity contribution in [2.24, 2.45) is 5.92 Å². The summed E-state index contributed by atoms with van der Waals surface area (Å²) in [4.78, 5) is 12.2. The average Bonchev–Trinajstić information content (AvgIpc) is 2.65. The van der Waals surface area contributed by atoms with E-state index in [4.69, 9.17) is 27.9 Å². The van der Waals surface area contributed by atoms with Gasteiger partial charge in [-0.1, -0.05) is 41.4 Å². The Kier molecular flexibility index (Phi) is 7.97. The normalized spacial score (nSPS) is 11.5. The molecule has 0 radical (unpaired) electrons. The van der Waals surface area contributed by atoms with E-state index in [1.165, 1.54) is 0 Å². The molecule has 0 aliphatic rings. The molecular weight excluding hydrogens is 383 g/mol. The van der Waals surface area contributed by atoms with E-state index < -0.39 is 5.92 Å². The van der Waals surface area contributed by atoms with E-state index in [-0.39, 0.29) is 5.91 Å². The predicted molar refractivity (Wildman–Crippen MR) is 108 cm³/mol. The van der Waals surface area contributed by atoms with Crippen molar-refractivity contribution in [3.8, 4) is 11.8 Å². The molecule has 27 heavy (non-hydrogen) atoms. The molecule has 0 aromatic heterocycles. The zero-order chi connectivity index (χ0) is 19.8. The van der Waals surface area contributed by atoms with Gasteiger partial charge in [0.15, 0.2) is 0 Å². The van der Waals surface area contributed by atoms with Crippen LogP contribution in [0.3, 0.4) is 0 Å². The highest BCUT2D eigenvalue weighted by Gasteiger charge is 2.17. The second kappa shape index (κ2) is 10.2. The summed E-state index contributed by atoms with van der Waals surface area (Å²) in [5, 5.41) is 13.4. The van der Waals surface area contributed by atoms with Crippen LogP contribution in [0.4, 0.5) is 0 Å². The third-order valence-corrected chi connectivity index (χ3v) is 5.16. The number of aryl methyl sites for hydroxylation is 2. The van der Waals surface area contributed by atoms with Crippen LogP contribution in [0.25, 0.3) is 0 Å². The first-order valence-corrected chi connectivity index (χ1v) is 9.48. The number of halogens is 2. The first-order chi connectivity index (χ1) is 12.9. The van der Waals surface area contributed by atoms with Crippen LogP contribution < -0.4 is 10.1 Å². The highest BCUT2D eigenvalue weighted by atomic mass is 35.5. The van der Waals surface area contributed by atoms with E-state index in [2.05, 4.69) is 11.4 Å². The summed E-state index contributed by atoms with van der Waals surface area (Å²) in [5.74, 6) is -0.272. The summed E-state index contributed by atoms with van der Waals surface area (Å²) in [6, 6.07) is 13.1. The topological polar surface area (TPSA) is 62.1 Å². The van der Waals surface area contributed by atoms with Crippen LogP contribution in [-0.2, 0) is 11.3 Å². The minimum Gasteiger partial charge on any atom is -0.494 e. The number of hydrogen-bond donors (Lipinski definition) is 1. The second-order valence-corrected chi connectivity index (χ2v) is 7.14. The largest absolute Gasteiger partial charge is 0.494 e. The van der Waals surface area contributed by atoms with Crippen LogP contribution in [0, 0.1) is 31.1 Å². The number of ether oxygens (including phenoxy) is 1. The van der Waals surface area contributed by atoms with Crippen molar-refractivity contribution in [1.82, 2.24) is 5.32 Å². The van der Waals surface area contributed by atoms with E-state index >= 15 is 0 Å². The first kappa shape index (κ1) is 21.1. The molecule has 1 atom stereocenters. The quantitative estimate of drug-likeness (QED) is 0.612. The van der Waals surface area contributed by atoms with Crippen LogP contribution in [0.15, 0.2) is 36.4 Å². The summed E-state index contributed by atoms with van der Waals surface area (Å²) < 4.78 is 5.73. The molecule has 6 heteroatoms. The van der Waals surface area contributed by atoms with Gasteiger partial charge in [0.05, 0.1) is 12.7 Å². The monoisotopic (exact) mass is 404 g/mol. The average molecular weight is 405 g/mol. The molecule has 0 fully saturated rings. The lowest BCUT2D eigenvalue weighted by Crippen LogP contribution is -2.29. The van der Waals surface area contributed by atoms with E-state index in [9.17, 15) is 10.1 Å². The van der Waals surface area contributed by atoms with E-state index in [0.29, 0.717) is 31.0 Å². The molecule has 2 aromatic carbocycles. The van der Waals surface area contributed by atoms with Crippen molar-refractivity contribution < 1.29 is 9.53 Å². The molecular formula is C21H22Cl2N2O2. The molecule has 1 amide bonds. The number of nitriles is 1. The summed E-state index contributed by atoms with van der Waals surface area (Å²) in [6.07, 6.45) is 1.02. The van der Waals surface area contributed by atoms with Crippen molar-refractivity contribution >= 4 is 29.1 Å². The van der Waals surface area contributed by atoms with Gasteiger partial charge in [-0.2, -0.15) is 5.26 Å². The summed E-state index contributed by atoms with van der Waals surface area (Å²) in [6.45, 7) is 4.58. The van der Waals surface area contributed by atoms with Crippen molar-refractivity contribution in [3.05, 3.63) is 63.1 Å². The third kappa shape index (κ3) is 6.16. The van der Waals surface area contributed by atoms with Gasteiger partial charge in [0.2, 0.25) is 5.91 Å². The minimum atomic E-state index is -0.718. The molecule has 1 N–H and O–H groups in total. The predicted octanol–water partition coefficient (Wildman–Crippen LogP) is 5.23. The summed E-state index contributed by atoms with van der Waals surface area (Å²) in [7, 11) is 0. The number of rotatable bonds is 8. The van der Waals surface area contributed by atoms with E-state index in [1.54, 1.807) is 6.07 Å². The fourth-order valence-electron chi connectivity index (χ4n) is 2.67. The van der Waals surface area contributed by atoms with Gasteiger partial charge in [-0.15, -0.1) is 0 Å². The molecule has 0 saturated carbocycles. The molecule has 4 nitrogen and oxygen atoms in total.